The van der Waals surface area contributed by atoms with Crippen LogP contribution in [0.25, 0.3) is 0 Å². The number of thioether (sulfide) groups is 1. The highest BCUT2D eigenvalue weighted by Gasteiger charge is 2.31. The van der Waals surface area contributed by atoms with Gasteiger partial charge in [0.2, 0.25) is 0 Å². The fraction of sp³-hybridized carbons (Fsp3) is 0.688. The van der Waals surface area contributed by atoms with Gasteiger partial charge in [-0.2, -0.15) is 11.8 Å². The van der Waals surface area contributed by atoms with Crippen LogP contribution in [-0.4, -0.2) is 49.8 Å². The zero-order valence-corrected chi connectivity index (χ0v) is 15.2. The van der Waals surface area contributed by atoms with Crippen LogP contribution in [-0.2, 0) is 11.2 Å². The maximum atomic E-state index is 5.50. The highest BCUT2D eigenvalue weighted by atomic mass is 32.2. The van der Waals surface area contributed by atoms with Crippen molar-refractivity contribution in [2.45, 2.75) is 30.9 Å². The fourth-order valence-electron chi connectivity index (χ4n) is 2.49. The molecule has 1 aliphatic heterocycles. The highest BCUT2D eigenvalue weighted by Crippen LogP contribution is 2.33. The molecule has 22 heavy (non-hydrogen) atoms. The summed E-state index contributed by atoms with van der Waals surface area (Å²) in [6.45, 7) is 6.49. The molecule has 124 valence electrons. The van der Waals surface area contributed by atoms with E-state index in [2.05, 4.69) is 41.3 Å². The van der Waals surface area contributed by atoms with Crippen molar-refractivity contribution in [2.75, 3.05) is 39.1 Å². The Hall–Kier alpha value is -0.720. The predicted octanol–water partition coefficient (Wildman–Crippen LogP) is 2.76. The van der Waals surface area contributed by atoms with Gasteiger partial charge in [-0.15, -0.1) is 11.3 Å². The van der Waals surface area contributed by atoms with Gasteiger partial charge in [-0.25, -0.2) is 0 Å². The molecule has 0 radical (unpaired) electrons. The van der Waals surface area contributed by atoms with E-state index in [0.29, 0.717) is 0 Å². The zero-order chi connectivity index (χ0) is 15.7. The number of ether oxygens (including phenoxy) is 1. The van der Waals surface area contributed by atoms with E-state index in [0.717, 1.165) is 58.1 Å². The highest BCUT2D eigenvalue weighted by molar-refractivity contribution is 8.00. The van der Waals surface area contributed by atoms with E-state index in [1.807, 2.05) is 23.1 Å². The maximum Gasteiger partial charge on any atom is 0.191 e. The molecule has 1 saturated heterocycles. The van der Waals surface area contributed by atoms with Gasteiger partial charge >= 0.3 is 0 Å². The summed E-state index contributed by atoms with van der Waals surface area (Å²) in [7, 11) is 0. The summed E-state index contributed by atoms with van der Waals surface area (Å²) in [6.07, 6.45) is 5.42. The van der Waals surface area contributed by atoms with Crippen LogP contribution in [0.1, 0.15) is 24.6 Å². The average Bonchev–Trinajstić information content (AvgIpc) is 3.07. The van der Waals surface area contributed by atoms with Crippen molar-refractivity contribution in [1.29, 1.82) is 0 Å². The first-order valence-corrected chi connectivity index (χ1v) is 10.1. The second kappa shape index (κ2) is 9.43. The van der Waals surface area contributed by atoms with Crippen LogP contribution in [0, 0.1) is 0 Å². The van der Waals surface area contributed by atoms with Crippen LogP contribution in [0.15, 0.2) is 22.5 Å². The summed E-state index contributed by atoms with van der Waals surface area (Å²) < 4.78 is 5.74. The Balaban J connectivity index is 1.85. The second-order valence-corrected chi connectivity index (χ2v) is 7.76. The Kier molecular flexibility index (Phi) is 7.55. The third-order valence-corrected chi connectivity index (χ3v) is 6.29. The summed E-state index contributed by atoms with van der Waals surface area (Å²) >= 11 is 3.74. The zero-order valence-electron chi connectivity index (χ0n) is 13.6. The SMILES string of the molecule is CCNC(=NCC1(SC)CCOCC1)NCCc1cccs1. The largest absolute Gasteiger partial charge is 0.381 e. The van der Waals surface area contributed by atoms with Crippen molar-refractivity contribution >= 4 is 29.1 Å². The van der Waals surface area contributed by atoms with Crippen LogP contribution >= 0.6 is 23.1 Å². The lowest BCUT2D eigenvalue weighted by Crippen LogP contribution is -2.41. The van der Waals surface area contributed by atoms with Gasteiger partial charge in [0.1, 0.15) is 0 Å². The molecule has 2 heterocycles. The first-order valence-electron chi connectivity index (χ1n) is 7.95. The molecule has 1 aromatic heterocycles. The summed E-state index contributed by atoms with van der Waals surface area (Å²) in [5.74, 6) is 0.930. The lowest BCUT2D eigenvalue weighted by molar-refractivity contribution is 0.0794. The summed E-state index contributed by atoms with van der Waals surface area (Å²) in [4.78, 5) is 6.23. The lowest BCUT2D eigenvalue weighted by Gasteiger charge is -2.34. The van der Waals surface area contributed by atoms with Gasteiger partial charge in [0.05, 0.1) is 6.54 Å². The van der Waals surface area contributed by atoms with E-state index < -0.39 is 0 Å². The molecule has 0 aliphatic carbocycles. The van der Waals surface area contributed by atoms with Crippen molar-refractivity contribution < 1.29 is 4.74 Å². The normalized spacial score (nSPS) is 18.2. The minimum absolute atomic E-state index is 0.244. The number of hydrogen-bond donors (Lipinski definition) is 2. The number of guanidine groups is 1. The number of aliphatic imine (C=N–C) groups is 1. The summed E-state index contributed by atoms with van der Waals surface area (Å²) in [6, 6.07) is 4.29. The molecule has 0 saturated carbocycles. The van der Waals surface area contributed by atoms with Gasteiger partial charge in [0, 0.05) is 35.9 Å². The van der Waals surface area contributed by atoms with Crippen LogP contribution in [0.5, 0.6) is 0 Å². The molecule has 0 amide bonds. The van der Waals surface area contributed by atoms with Crippen LogP contribution in [0.2, 0.25) is 0 Å². The van der Waals surface area contributed by atoms with Gasteiger partial charge < -0.3 is 15.4 Å². The number of nitrogens with zero attached hydrogens (tertiary/aromatic N) is 1. The Labute approximate surface area is 142 Å². The third kappa shape index (κ3) is 5.48. The molecule has 0 atom stereocenters. The molecular weight excluding hydrogens is 314 g/mol. The van der Waals surface area contributed by atoms with Crippen LogP contribution < -0.4 is 10.6 Å². The summed E-state index contributed by atoms with van der Waals surface area (Å²) in [5, 5.41) is 8.92. The topological polar surface area (TPSA) is 45.7 Å². The third-order valence-electron chi connectivity index (χ3n) is 3.95. The summed E-state index contributed by atoms with van der Waals surface area (Å²) in [5.41, 5.74) is 0. The molecule has 0 bridgehead atoms. The Morgan fingerprint density at radius 2 is 2.23 bits per heavy atom. The van der Waals surface area contributed by atoms with Gasteiger partial charge in [-0.1, -0.05) is 6.07 Å². The smallest absolute Gasteiger partial charge is 0.191 e. The van der Waals surface area contributed by atoms with E-state index in [1.54, 1.807) is 0 Å². The standard InChI is InChI=1S/C16H27N3OS2/c1-3-17-15(18-9-6-14-5-4-12-22-14)19-13-16(21-2)7-10-20-11-8-16/h4-5,12H,3,6-11,13H2,1-2H3,(H2,17,18,19). The van der Waals surface area contributed by atoms with Crippen molar-refractivity contribution in [3.63, 3.8) is 0 Å². The monoisotopic (exact) mass is 341 g/mol. The average molecular weight is 342 g/mol. The molecule has 1 fully saturated rings. The maximum absolute atomic E-state index is 5.50. The van der Waals surface area contributed by atoms with Gasteiger partial charge in [-0.05, 0) is 43.9 Å². The Bertz CT molecular complexity index is 442. The Morgan fingerprint density at radius 3 is 2.86 bits per heavy atom. The number of rotatable bonds is 7. The predicted molar refractivity (Wildman–Crippen MR) is 98.3 cm³/mol. The minimum atomic E-state index is 0.244. The van der Waals surface area contributed by atoms with E-state index in [-0.39, 0.29) is 4.75 Å². The van der Waals surface area contributed by atoms with Gasteiger partial charge in [0.25, 0.3) is 0 Å². The quantitative estimate of drug-likeness (QED) is 0.591. The molecule has 2 rings (SSSR count). The number of thiophene rings is 1. The van der Waals surface area contributed by atoms with Crippen LogP contribution in [0.3, 0.4) is 0 Å². The first-order chi connectivity index (χ1) is 10.8. The molecule has 0 spiro atoms. The van der Waals surface area contributed by atoms with Crippen molar-refractivity contribution in [3.8, 4) is 0 Å². The molecule has 0 aromatic carbocycles. The van der Waals surface area contributed by atoms with Crippen molar-refractivity contribution in [2.24, 2.45) is 4.99 Å². The molecule has 2 N–H and O–H groups in total. The minimum Gasteiger partial charge on any atom is -0.381 e. The molecule has 6 heteroatoms. The molecule has 1 aliphatic rings. The van der Waals surface area contributed by atoms with E-state index in [1.165, 1.54) is 4.88 Å². The molecule has 0 unspecified atom stereocenters. The number of hydrogen-bond acceptors (Lipinski definition) is 4. The van der Waals surface area contributed by atoms with E-state index in [9.17, 15) is 0 Å². The molecule has 1 aromatic rings. The van der Waals surface area contributed by atoms with Crippen molar-refractivity contribution in [1.82, 2.24) is 10.6 Å². The molecular formula is C16H27N3OS2. The van der Waals surface area contributed by atoms with Crippen molar-refractivity contribution in [3.05, 3.63) is 22.4 Å². The Morgan fingerprint density at radius 1 is 1.41 bits per heavy atom. The van der Waals surface area contributed by atoms with E-state index in [4.69, 9.17) is 9.73 Å². The lowest BCUT2D eigenvalue weighted by atomic mass is 9.99. The van der Waals surface area contributed by atoms with E-state index >= 15 is 0 Å². The van der Waals surface area contributed by atoms with Crippen LogP contribution in [0.4, 0.5) is 0 Å². The number of nitrogens with one attached hydrogen (secondary N) is 2. The second-order valence-electron chi connectivity index (χ2n) is 5.45. The first kappa shape index (κ1) is 17.6. The van der Waals surface area contributed by atoms with Gasteiger partial charge in [-0.3, -0.25) is 4.99 Å². The molecule has 4 nitrogen and oxygen atoms in total. The fourth-order valence-corrected chi connectivity index (χ4v) is 3.97. The van der Waals surface area contributed by atoms with Gasteiger partial charge in [0.15, 0.2) is 5.96 Å².